The van der Waals surface area contributed by atoms with Gasteiger partial charge in [-0.15, -0.1) is 0 Å². The lowest BCUT2D eigenvalue weighted by molar-refractivity contribution is 0.598. The largest absolute Gasteiger partial charge is 0.218 e. The highest BCUT2D eigenvalue weighted by Gasteiger charge is 2.46. The topological polar surface area (TPSA) is 34.1 Å². The fraction of sp³-hybridized carbons (Fsp3) is 0.0270. The second-order valence-corrected chi connectivity index (χ2v) is 12.4. The summed E-state index contributed by atoms with van der Waals surface area (Å²) in [6.07, 6.45) is 0. The van der Waals surface area contributed by atoms with Crippen molar-refractivity contribution < 1.29 is 8.42 Å². The van der Waals surface area contributed by atoms with Crippen molar-refractivity contribution in [1.82, 2.24) is 0 Å². The highest BCUT2D eigenvalue weighted by Crippen LogP contribution is 2.56. The second-order valence-electron chi connectivity index (χ2n) is 10.5. The molecule has 0 N–H and O–H groups in total. The van der Waals surface area contributed by atoms with E-state index in [1.165, 1.54) is 33.4 Å². The predicted molar refractivity (Wildman–Crippen MR) is 160 cm³/mol. The van der Waals surface area contributed by atoms with Crippen LogP contribution in [-0.2, 0) is 15.3 Å². The molecule has 0 saturated heterocycles. The molecule has 0 spiro atoms. The Morgan fingerprint density at radius 1 is 0.400 bits per heavy atom. The lowest BCUT2D eigenvalue weighted by Gasteiger charge is -2.34. The van der Waals surface area contributed by atoms with Crippen LogP contribution in [0, 0.1) is 0 Å². The van der Waals surface area contributed by atoms with Crippen LogP contribution in [0.5, 0.6) is 0 Å². The summed E-state index contributed by atoms with van der Waals surface area (Å²) in [6.45, 7) is 0. The van der Waals surface area contributed by atoms with Crippen molar-refractivity contribution >= 4 is 9.84 Å². The smallest absolute Gasteiger partial charge is 0.207 e. The Morgan fingerprint density at radius 3 is 1.65 bits per heavy atom. The molecule has 0 amide bonds. The van der Waals surface area contributed by atoms with Crippen molar-refractivity contribution in [3.8, 4) is 33.4 Å². The van der Waals surface area contributed by atoms with E-state index in [1.54, 1.807) is 18.2 Å². The minimum Gasteiger partial charge on any atom is -0.218 e. The molecule has 8 rings (SSSR count). The predicted octanol–water partition coefficient (Wildman–Crippen LogP) is 8.53. The molecule has 6 aromatic carbocycles. The summed E-state index contributed by atoms with van der Waals surface area (Å²) in [5, 5.41) is 0. The Kier molecular flexibility index (Phi) is 4.86. The minimum absolute atomic E-state index is 0.383. The standard InChI is InChI=1S/C37H24O2S/c38-40(39)35-18-10-8-16-31(35)32-23-25(20-22-36(32)40)26-19-21-30-29-15-7-9-17-33(29)37(34(30)24-26,27-11-3-1-4-12-27)28-13-5-2-6-14-28/h1-24H. The Morgan fingerprint density at radius 2 is 0.925 bits per heavy atom. The molecule has 6 aromatic rings. The van der Waals surface area contributed by atoms with Gasteiger partial charge < -0.3 is 0 Å². The van der Waals surface area contributed by atoms with Gasteiger partial charge in [-0.2, -0.15) is 0 Å². The Balaban J connectivity index is 1.40. The number of benzene rings is 6. The van der Waals surface area contributed by atoms with E-state index in [-0.39, 0.29) is 0 Å². The van der Waals surface area contributed by atoms with Crippen LogP contribution in [0.2, 0.25) is 0 Å². The summed E-state index contributed by atoms with van der Waals surface area (Å²) >= 11 is 0. The number of hydrogen-bond acceptors (Lipinski definition) is 2. The third-order valence-corrected chi connectivity index (χ3v) is 10.4. The normalized spacial score (nSPS) is 15.1. The Hall–Kier alpha value is -4.73. The first-order valence-electron chi connectivity index (χ1n) is 13.4. The van der Waals surface area contributed by atoms with Crippen LogP contribution >= 0.6 is 0 Å². The summed E-state index contributed by atoms with van der Waals surface area (Å²) in [5.74, 6) is 0. The summed E-state index contributed by atoms with van der Waals surface area (Å²) in [4.78, 5) is 0.771. The van der Waals surface area contributed by atoms with Crippen molar-refractivity contribution in [2.45, 2.75) is 15.2 Å². The van der Waals surface area contributed by atoms with Gasteiger partial charge in [0.2, 0.25) is 9.84 Å². The van der Waals surface area contributed by atoms with Crippen LogP contribution in [0.3, 0.4) is 0 Å². The van der Waals surface area contributed by atoms with Gasteiger partial charge in [0.25, 0.3) is 0 Å². The molecule has 1 heterocycles. The van der Waals surface area contributed by atoms with Gasteiger partial charge >= 0.3 is 0 Å². The summed E-state index contributed by atoms with van der Waals surface area (Å²) in [5.41, 5.74) is 10.5. The lowest BCUT2D eigenvalue weighted by Crippen LogP contribution is -2.28. The number of rotatable bonds is 3. The summed E-state index contributed by atoms with van der Waals surface area (Å²) in [6, 6.07) is 49.9. The molecule has 0 fully saturated rings. The SMILES string of the molecule is O=S1(=O)c2ccccc2-c2cc(-c3ccc4c(c3)C(c3ccccc3)(c3ccccc3)c3ccccc3-4)ccc21. The first-order chi connectivity index (χ1) is 19.6. The molecular weight excluding hydrogens is 508 g/mol. The Bertz CT molecular complexity index is 2020. The first kappa shape index (κ1) is 23.2. The van der Waals surface area contributed by atoms with Gasteiger partial charge in [0, 0.05) is 11.1 Å². The molecule has 1 aliphatic carbocycles. The van der Waals surface area contributed by atoms with E-state index in [4.69, 9.17) is 0 Å². The zero-order valence-corrected chi connectivity index (χ0v) is 22.4. The highest BCUT2D eigenvalue weighted by atomic mass is 32.2. The molecule has 0 bridgehead atoms. The van der Waals surface area contributed by atoms with Gasteiger partial charge in [0.05, 0.1) is 15.2 Å². The molecule has 0 saturated carbocycles. The molecule has 0 atom stereocenters. The van der Waals surface area contributed by atoms with Crippen LogP contribution < -0.4 is 0 Å². The molecular formula is C37H24O2S. The van der Waals surface area contributed by atoms with Crippen molar-refractivity contribution in [1.29, 1.82) is 0 Å². The lowest BCUT2D eigenvalue weighted by atomic mass is 9.67. The first-order valence-corrected chi connectivity index (χ1v) is 14.9. The second kappa shape index (κ2) is 8.38. The van der Waals surface area contributed by atoms with E-state index in [0.717, 1.165) is 22.3 Å². The van der Waals surface area contributed by atoms with Crippen LogP contribution in [0.1, 0.15) is 22.3 Å². The quantitative estimate of drug-likeness (QED) is 0.228. The molecule has 2 aliphatic rings. The molecule has 0 unspecified atom stereocenters. The van der Waals surface area contributed by atoms with E-state index < -0.39 is 15.3 Å². The van der Waals surface area contributed by atoms with Crippen molar-refractivity contribution in [2.24, 2.45) is 0 Å². The van der Waals surface area contributed by atoms with Crippen molar-refractivity contribution in [3.05, 3.63) is 168 Å². The van der Waals surface area contributed by atoms with Crippen molar-refractivity contribution in [2.75, 3.05) is 0 Å². The van der Waals surface area contributed by atoms with Gasteiger partial charge in [-0.05, 0) is 68.8 Å². The van der Waals surface area contributed by atoms with E-state index in [0.29, 0.717) is 9.79 Å². The molecule has 3 heteroatoms. The van der Waals surface area contributed by atoms with E-state index in [1.807, 2.05) is 24.3 Å². The zero-order valence-electron chi connectivity index (χ0n) is 21.6. The van der Waals surface area contributed by atoms with Crippen LogP contribution in [0.4, 0.5) is 0 Å². The average Bonchev–Trinajstić information content (AvgIpc) is 3.44. The maximum Gasteiger partial charge on any atom is 0.207 e. The van der Waals surface area contributed by atoms with Gasteiger partial charge in [0.15, 0.2) is 0 Å². The van der Waals surface area contributed by atoms with Crippen molar-refractivity contribution in [3.63, 3.8) is 0 Å². The molecule has 190 valence electrons. The van der Waals surface area contributed by atoms with Gasteiger partial charge in [-0.25, -0.2) is 8.42 Å². The van der Waals surface area contributed by atoms with Gasteiger partial charge in [-0.1, -0.05) is 121 Å². The third kappa shape index (κ3) is 3.01. The fourth-order valence-corrected chi connectivity index (χ4v) is 8.49. The molecule has 0 radical (unpaired) electrons. The summed E-state index contributed by atoms with van der Waals surface area (Å²) in [7, 11) is -3.50. The molecule has 2 nitrogen and oxygen atoms in total. The van der Waals surface area contributed by atoms with Crippen LogP contribution in [0.15, 0.2) is 155 Å². The zero-order chi connectivity index (χ0) is 26.9. The Labute approximate surface area is 234 Å². The maximum atomic E-state index is 13.2. The molecule has 40 heavy (non-hydrogen) atoms. The number of hydrogen-bond donors (Lipinski definition) is 0. The van der Waals surface area contributed by atoms with Crippen LogP contribution in [-0.4, -0.2) is 8.42 Å². The molecule has 1 aliphatic heterocycles. The van der Waals surface area contributed by atoms with Gasteiger partial charge in [0.1, 0.15) is 0 Å². The maximum absolute atomic E-state index is 13.2. The molecule has 0 aromatic heterocycles. The summed E-state index contributed by atoms with van der Waals surface area (Å²) < 4.78 is 26.4. The van der Waals surface area contributed by atoms with E-state index >= 15 is 0 Å². The van der Waals surface area contributed by atoms with E-state index in [2.05, 4.69) is 103 Å². The average molecular weight is 533 g/mol. The fourth-order valence-electron chi connectivity index (χ4n) is 6.82. The van der Waals surface area contributed by atoms with E-state index in [9.17, 15) is 8.42 Å². The number of sulfone groups is 1. The van der Waals surface area contributed by atoms with Crippen LogP contribution in [0.25, 0.3) is 33.4 Å². The highest BCUT2D eigenvalue weighted by molar-refractivity contribution is 7.92. The monoisotopic (exact) mass is 532 g/mol. The van der Waals surface area contributed by atoms with Gasteiger partial charge in [-0.3, -0.25) is 0 Å². The third-order valence-electron chi connectivity index (χ3n) is 8.53. The minimum atomic E-state index is -3.50. The number of fused-ring (bicyclic) bond motifs is 6.